The molecule has 6 heteroatoms. The fraction of sp³-hybridized carbons (Fsp3) is 0.500. The minimum absolute atomic E-state index is 0.0294. The zero-order valence-corrected chi connectivity index (χ0v) is 11.3. The van der Waals surface area contributed by atoms with Crippen LogP contribution in [0.25, 0.3) is 11.2 Å². The van der Waals surface area contributed by atoms with Crippen LogP contribution in [-0.2, 0) is 5.54 Å². The predicted molar refractivity (Wildman–Crippen MR) is 69.6 cm³/mol. The SMILES string of the molecule is CC1=NN(C)c2ncnc3c2n1c[n+]3C(C)(C)C. The molecular weight excluding hydrogens is 228 g/mol. The first-order chi connectivity index (χ1) is 8.39. The number of aromatic nitrogens is 4. The third kappa shape index (κ3) is 1.35. The molecule has 0 saturated heterocycles. The fourth-order valence-corrected chi connectivity index (χ4v) is 2.27. The number of nitrogens with zero attached hydrogens (tertiary/aromatic N) is 6. The molecule has 2 aromatic heterocycles. The lowest BCUT2D eigenvalue weighted by atomic mass is 10.1. The van der Waals surface area contributed by atoms with Crippen LogP contribution in [0.1, 0.15) is 27.7 Å². The molecule has 0 amide bonds. The van der Waals surface area contributed by atoms with Gasteiger partial charge in [-0.15, -0.1) is 5.10 Å². The zero-order valence-electron chi connectivity index (χ0n) is 11.3. The highest BCUT2D eigenvalue weighted by Crippen LogP contribution is 2.25. The van der Waals surface area contributed by atoms with Crippen molar-refractivity contribution in [2.24, 2.45) is 5.10 Å². The van der Waals surface area contributed by atoms with Gasteiger partial charge < -0.3 is 0 Å². The van der Waals surface area contributed by atoms with Gasteiger partial charge >= 0.3 is 5.65 Å². The summed E-state index contributed by atoms with van der Waals surface area (Å²) in [6.07, 6.45) is 3.64. The first-order valence-corrected chi connectivity index (χ1v) is 5.97. The maximum atomic E-state index is 4.45. The summed E-state index contributed by atoms with van der Waals surface area (Å²) < 4.78 is 4.21. The van der Waals surface area contributed by atoms with Crippen LogP contribution in [0.4, 0.5) is 5.82 Å². The molecule has 0 aliphatic carbocycles. The minimum Gasteiger partial charge on any atom is -0.245 e. The van der Waals surface area contributed by atoms with Crippen LogP contribution in [0.15, 0.2) is 17.8 Å². The number of hydrazone groups is 1. The van der Waals surface area contributed by atoms with E-state index in [0.717, 1.165) is 22.8 Å². The van der Waals surface area contributed by atoms with Crippen LogP contribution >= 0.6 is 0 Å². The number of rotatable bonds is 0. The second-order valence-electron chi connectivity index (χ2n) is 5.57. The molecule has 0 spiro atoms. The van der Waals surface area contributed by atoms with E-state index in [2.05, 4.69) is 51.3 Å². The molecule has 18 heavy (non-hydrogen) atoms. The lowest BCUT2D eigenvalue weighted by molar-refractivity contribution is -0.732. The van der Waals surface area contributed by atoms with E-state index in [1.807, 2.05) is 14.0 Å². The van der Waals surface area contributed by atoms with Crippen LogP contribution in [-0.4, -0.2) is 27.4 Å². The molecule has 0 fully saturated rings. The number of hydrogen-bond acceptors (Lipinski definition) is 4. The smallest absolute Gasteiger partial charge is 0.245 e. The average Bonchev–Trinajstić information content (AvgIpc) is 2.66. The highest BCUT2D eigenvalue weighted by Gasteiger charge is 2.32. The molecule has 0 bridgehead atoms. The van der Waals surface area contributed by atoms with Crippen LogP contribution in [0, 0.1) is 0 Å². The Hall–Kier alpha value is -1.98. The normalized spacial score (nSPS) is 15.2. The third-order valence-electron chi connectivity index (χ3n) is 3.16. The standard InChI is InChI=1S/C12H17N6/c1-8-15-16(5)10-9-11(14-6-13-10)18(7-17(8)9)12(2,3)4/h6-7H,1-5H3/q+1. The van der Waals surface area contributed by atoms with E-state index in [1.165, 1.54) is 0 Å². The van der Waals surface area contributed by atoms with Gasteiger partial charge in [-0.05, 0) is 20.8 Å². The zero-order chi connectivity index (χ0) is 13.1. The molecule has 1 aliphatic heterocycles. The van der Waals surface area contributed by atoms with Gasteiger partial charge in [-0.1, -0.05) is 4.98 Å². The van der Waals surface area contributed by atoms with Crippen molar-refractivity contribution in [1.82, 2.24) is 14.5 Å². The quantitative estimate of drug-likeness (QED) is 0.653. The summed E-state index contributed by atoms with van der Waals surface area (Å²) in [7, 11) is 1.91. The van der Waals surface area contributed by atoms with Gasteiger partial charge in [0, 0.05) is 14.0 Å². The van der Waals surface area contributed by atoms with Gasteiger partial charge in [0.15, 0.2) is 24.3 Å². The summed E-state index contributed by atoms with van der Waals surface area (Å²) in [5, 5.41) is 6.25. The van der Waals surface area contributed by atoms with Gasteiger partial charge in [-0.2, -0.15) is 4.98 Å². The Morgan fingerprint density at radius 2 is 1.94 bits per heavy atom. The summed E-state index contributed by atoms with van der Waals surface area (Å²) >= 11 is 0. The highest BCUT2D eigenvalue weighted by molar-refractivity contribution is 5.97. The average molecular weight is 245 g/mol. The first kappa shape index (κ1) is 11.1. The molecule has 1 aliphatic rings. The van der Waals surface area contributed by atoms with Gasteiger partial charge in [0.25, 0.3) is 0 Å². The van der Waals surface area contributed by atoms with Crippen molar-refractivity contribution < 1.29 is 4.57 Å². The third-order valence-corrected chi connectivity index (χ3v) is 3.16. The summed E-state index contributed by atoms with van der Waals surface area (Å²) in [6, 6.07) is 0. The van der Waals surface area contributed by atoms with Crippen molar-refractivity contribution in [1.29, 1.82) is 0 Å². The van der Waals surface area contributed by atoms with Crippen LogP contribution in [0.3, 0.4) is 0 Å². The largest absolute Gasteiger partial charge is 0.308 e. The molecule has 0 unspecified atom stereocenters. The summed E-state index contributed by atoms with van der Waals surface area (Å²) in [5.74, 6) is 1.77. The molecule has 2 aromatic rings. The molecule has 0 saturated carbocycles. The maximum absolute atomic E-state index is 4.45. The van der Waals surface area contributed by atoms with E-state index in [4.69, 9.17) is 0 Å². The van der Waals surface area contributed by atoms with Crippen LogP contribution < -0.4 is 9.58 Å². The topological polar surface area (TPSA) is 50.2 Å². The fourth-order valence-electron chi connectivity index (χ4n) is 2.27. The van der Waals surface area contributed by atoms with Gasteiger partial charge in [-0.3, -0.25) is 0 Å². The molecule has 0 aromatic carbocycles. The van der Waals surface area contributed by atoms with E-state index in [-0.39, 0.29) is 5.54 Å². The van der Waals surface area contributed by atoms with Crippen LogP contribution in [0.2, 0.25) is 0 Å². The highest BCUT2D eigenvalue weighted by atomic mass is 15.5. The van der Waals surface area contributed by atoms with E-state index in [0.29, 0.717) is 0 Å². The van der Waals surface area contributed by atoms with Gasteiger partial charge in [0.05, 0.1) is 5.54 Å². The van der Waals surface area contributed by atoms with Gasteiger partial charge in [-0.25, -0.2) is 14.1 Å². The molecule has 3 rings (SSSR count). The number of hydrogen-bond donors (Lipinski definition) is 0. The molecule has 3 heterocycles. The second kappa shape index (κ2) is 3.28. The molecule has 0 N–H and O–H groups in total. The lowest BCUT2D eigenvalue weighted by Crippen LogP contribution is -2.49. The Kier molecular flexibility index (Phi) is 2.03. The van der Waals surface area contributed by atoms with Crippen molar-refractivity contribution >= 4 is 22.8 Å². The van der Waals surface area contributed by atoms with Crippen molar-refractivity contribution in [2.45, 2.75) is 33.2 Å². The maximum Gasteiger partial charge on any atom is 0.308 e. The predicted octanol–water partition coefficient (Wildman–Crippen LogP) is 1.11. The van der Waals surface area contributed by atoms with Crippen LogP contribution in [0.5, 0.6) is 0 Å². The molecular formula is C12H17N6+. The number of anilines is 1. The van der Waals surface area contributed by atoms with Crippen molar-refractivity contribution in [3.8, 4) is 0 Å². The van der Waals surface area contributed by atoms with E-state index in [9.17, 15) is 0 Å². The molecule has 94 valence electrons. The Balaban J connectivity index is 2.44. The minimum atomic E-state index is -0.0294. The van der Waals surface area contributed by atoms with E-state index < -0.39 is 0 Å². The second-order valence-corrected chi connectivity index (χ2v) is 5.57. The Bertz CT molecular complexity index is 661. The molecule has 6 nitrogen and oxygen atoms in total. The Labute approximate surface area is 106 Å². The van der Waals surface area contributed by atoms with Gasteiger partial charge in [0.2, 0.25) is 5.52 Å². The lowest BCUT2D eigenvalue weighted by Gasteiger charge is -2.16. The summed E-state index contributed by atoms with van der Waals surface area (Å²) in [6.45, 7) is 8.46. The summed E-state index contributed by atoms with van der Waals surface area (Å²) in [5.41, 5.74) is 1.93. The Morgan fingerprint density at radius 1 is 1.22 bits per heavy atom. The number of imidazole rings is 1. The summed E-state index contributed by atoms with van der Waals surface area (Å²) in [4.78, 5) is 8.75. The monoisotopic (exact) mass is 245 g/mol. The van der Waals surface area contributed by atoms with Crippen molar-refractivity contribution in [3.63, 3.8) is 0 Å². The molecule has 0 radical (unpaired) electrons. The first-order valence-electron chi connectivity index (χ1n) is 5.97. The van der Waals surface area contributed by atoms with Crippen molar-refractivity contribution in [3.05, 3.63) is 12.7 Å². The van der Waals surface area contributed by atoms with Crippen molar-refractivity contribution in [2.75, 3.05) is 12.1 Å². The van der Waals surface area contributed by atoms with E-state index >= 15 is 0 Å². The molecule has 0 atom stereocenters. The van der Waals surface area contributed by atoms with Gasteiger partial charge in [0.1, 0.15) is 0 Å². The van der Waals surface area contributed by atoms with E-state index in [1.54, 1.807) is 11.3 Å². The Morgan fingerprint density at radius 3 is 2.61 bits per heavy atom.